The molecule has 0 radical (unpaired) electrons. The largest absolute Gasteiger partial charge is 0.465 e. The van der Waals surface area contributed by atoms with E-state index in [1.807, 2.05) is 38.1 Å². The third-order valence-corrected chi connectivity index (χ3v) is 4.33. The van der Waals surface area contributed by atoms with Gasteiger partial charge in [-0.1, -0.05) is 23.8 Å². The van der Waals surface area contributed by atoms with Crippen molar-refractivity contribution in [2.45, 2.75) is 13.8 Å². The van der Waals surface area contributed by atoms with Gasteiger partial charge in [0.25, 0.3) is 11.1 Å². The second kappa shape index (κ2) is 6.30. The zero-order valence-electron chi connectivity index (χ0n) is 12.8. The Kier molecular flexibility index (Phi) is 4.21. The fourth-order valence-electron chi connectivity index (χ4n) is 2.36. The van der Waals surface area contributed by atoms with E-state index in [2.05, 4.69) is 0 Å². The molecule has 0 aliphatic carbocycles. The first kappa shape index (κ1) is 15.4. The molecule has 0 unspecified atom stereocenters. The number of thioether (sulfide) groups is 1. The molecule has 2 aromatic rings. The SMILES string of the molecule is Cc1ccc(N2C(=O)S/C(=C/C=C/c3ccco3)C2=O)c(C)c1. The van der Waals surface area contributed by atoms with Crippen LogP contribution >= 0.6 is 11.8 Å². The minimum atomic E-state index is -0.295. The number of nitrogens with zero attached hydrogens (tertiary/aromatic N) is 1. The monoisotopic (exact) mass is 325 g/mol. The zero-order valence-corrected chi connectivity index (χ0v) is 13.6. The van der Waals surface area contributed by atoms with Gasteiger partial charge in [-0.25, -0.2) is 4.90 Å². The van der Waals surface area contributed by atoms with Crippen LogP contribution in [0.4, 0.5) is 10.5 Å². The summed E-state index contributed by atoms with van der Waals surface area (Å²) in [4.78, 5) is 26.3. The molecule has 1 aliphatic heterocycles. The number of imide groups is 1. The maximum Gasteiger partial charge on any atom is 0.298 e. The van der Waals surface area contributed by atoms with Gasteiger partial charge in [0.2, 0.25) is 0 Å². The number of hydrogen-bond acceptors (Lipinski definition) is 4. The van der Waals surface area contributed by atoms with Crippen molar-refractivity contribution in [1.29, 1.82) is 0 Å². The number of carbonyl (C=O) groups excluding carboxylic acids is 2. The molecule has 1 saturated heterocycles. The van der Waals surface area contributed by atoms with E-state index in [1.165, 1.54) is 4.90 Å². The highest BCUT2D eigenvalue weighted by Crippen LogP contribution is 2.36. The number of rotatable bonds is 3. The van der Waals surface area contributed by atoms with Gasteiger partial charge in [0, 0.05) is 0 Å². The Hall–Kier alpha value is -2.53. The topological polar surface area (TPSA) is 50.5 Å². The minimum absolute atomic E-state index is 0.278. The van der Waals surface area contributed by atoms with E-state index in [4.69, 9.17) is 4.42 Å². The van der Waals surface area contributed by atoms with Gasteiger partial charge in [-0.2, -0.15) is 0 Å². The zero-order chi connectivity index (χ0) is 16.4. The van der Waals surface area contributed by atoms with Crippen LogP contribution in [0, 0.1) is 13.8 Å². The molecule has 0 atom stereocenters. The predicted molar refractivity (Wildman–Crippen MR) is 92.2 cm³/mol. The molecule has 3 rings (SSSR count). The first-order chi connectivity index (χ1) is 11.1. The first-order valence-electron chi connectivity index (χ1n) is 7.11. The van der Waals surface area contributed by atoms with Crippen LogP contribution in [0.2, 0.25) is 0 Å². The lowest BCUT2D eigenvalue weighted by molar-refractivity contribution is -0.113. The summed E-state index contributed by atoms with van der Waals surface area (Å²) in [6, 6.07) is 9.26. The normalized spacial score (nSPS) is 17.0. The summed E-state index contributed by atoms with van der Waals surface area (Å²) < 4.78 is 5.18. The summed E-state index contributed by atoms with van der Waals surface area (Å²) >= 11 is 0.943. The van der Waals surface area contributed by atoms with Crippen molar-refractivity contribution in [3.05, 3.63) is 70.5 Å². The third kappa shape index (κ3) is 3.14. The van der Waals surface area contributed by atoms with Crippen LogP contribution in [0.15, 0.2) is 58.1 Å². The van der Waals surface area contributed by atoms with Gasteiger partial charge in [0.05, 0.1) is 16.9 Å². The van der Waals surface area contributed by atoms with Crippen LogP contribution in [0.25, 0.3) is 6.08 Å². The molecule has 116 valence electrons. The molecule has 0 bridgehead atoms. The summed E-state index contributed by atoms with van der Waals surface area (Å²) in [5.41, 5.74) is 2.63. The molecule has 1 fully saturated rings. The van der Waals surface area contributed by atoms with Crippen LogP contribution < -0.4 is 4.90 Å². The molecule has 0 spiro atoms. The molecule has 23 heavy (non-hydrogen) atoms. The average Bonchev–Trinajstić information content (AvgIpc) is 3.10. The van der Waals surface area contributed by atoms with E-state index in [9.17, 15) is 9.59 Å². The highest BCUT2D eigenvalue weighted by atomic mass is 32.2. The maximum atomic E-state index is 12.5. The molecule has 0 saturated carbocycles. The van der Waals surface area contributed by atoms with Crippen LogP contribution in [-0.4, -0.2) is 11.1 Å². The van der Waals surface area contributed by atoms with Crippen molar-refractivity contribution in [2.75, 3.05) is 4.90 Å². The predicted octanol–water partition coefficient (Wildman–Crippen LogP) is 4.69. The van der Waals surface area contributed by atoms with E-state index in [-0.39, 0.29) is 11.1 Å². The van der Waals surface area contributed by atoms with Crippen molar-refractivity contribution >= 4 is 34.7 Å². The molecular weight excluding hydrogens is 310 g/mol. The van der Waals surface area contributed by atoms with Crippen molar-refractivity contribution in [2.24, 2.45) is 0 Å². The second-order valence-electron chi connectivity index (χ2n) is 5.20. The lowest BCUT2D eigenvalue weighted by Crippen LogP contribution is -2.28. The molecule has 1 aliphatic rings. The van der Waals surface area contributed by atoms with E-state index >= 15 is 0 Å². The van der Waals surface area contributed by atoms with Gasteiger partial charge in [0.15, 0.2) is 0 Å². The lowest BCUT2D eigenvalue weighted by Gasteiger charge is -2.15. The Morgan fingerprint density at radius 3 is 2.70 bits per heavy atom. The summed E-state index contributed by atoms with van der Waals surface area (Å²) in [6.45, 7) is 3.87. The van der Waals surface area contributed by atoms with Gasteiger partial charge in [-0.05, 0) is 61.5 Å². The van der Waals surface area contributed by atoms with E-state index < -0.39 is 0 Å². The molecule has 0 N–H and O–H groups in total. The number of hydrogen-bond donors (Lipinski definition) is 0. The Labute approximate surface area is 138 Å². The average molecular weight is 325 g/mol. The molecule has 2 amide bonds. The molecule has 2 heterocycles. The Morgan fingerprint density at radius 1 is 1.17 bits per heavy atom. The summed E-state index contributed by atoms with van der Waals surface area (Å²) in [5.74, 6) is 0.394. The fourth-order valence-corrected chi connectivity index (χ4v) is 3.15. The molecule has 5 heteroatoms. The lowest BCUT2D eigenvalue weighted by atomic mass is 10.1. The Morgan fingerprint density at radius 2 is 2.00 bits per heavy atom. The van der Waals surface area contributed by atoms with Crippen molar-refractivity contribution in [3.63, 3.8) is 0 Å². The number of aryl methyl sites for hydroxylation is 2. The molecule has 1 aromatic heterocycles. The molecule has 4 nitrogen and oxygen atoms in total. The van der Waals surface area contributed by atoms with Crippen LogP contribution in [0.3, 0.4) is 0 Å². The van der Waals surface area contributed by atoms with Crippen LogP contribution in [-0.2, 0) is 4.79 Å². The fraction of sp³-hybridized carbons (Fsp3) is 0.111. The van der Waals surface area contributed by atoms with E-state index in [0.29, 0.717) is 16.4 Å². The molecule has 1 aromatic carbocycles. The van der Waals surface area contributed by atoms with Gasteiger partial charge in [-0.15, -0.1) is 0 Å². The number of anilines is 1. The number of benzene rings is 1. The number of allylic oxidation sites excluding steroid dienone is 2. The van der Waals surface area contributed by atoms with Crippen molar-refractivity contribution in [1.82, 2.24) is 0 Å². The van der Waals surface area contributed by atoms with Gasteiger partial charge in [0.1, 0.15) is 5.76 Å². The van der Waals surface area contributed by atoms with Gasteiger partial charge < -0.3 is 4.42 Å². The van der Waals surface area contributed by atoms with Crippen molar-refractivity contribution in [3.8, 4) is 0 Å². The van der Waals surface area contributed by atoms with Crippen LogP contribution in [0.1, 0.15) is 16.9 Å². The van der Waals surface area contributed by atoms with Gasteiger partial charge >= 0.3 is 0 Å². The Balaban J connectivity index is 1.85. The third-order valence-electron chi connectivity index (χ3n) is 3.44. The highest BCUT2D eigenvalue weighted by molar-refractivity contribution is 8.18. The van der Waals surface area contributed by atoms with Crippen LogP contribution in [0.5, 0.6) is 0 Å². The smallest absolute Gasteiger partial charge is 0.298 e. The van der Waals surface area contributed by atoms with Gasteiger partial charge in [-0.3, -0.25) is 9.59 Å². The number of carbonyl (C=O) groups is 2. The summed E-state index contributed by atoms with van der Waals surface area (Å²) in [6.07, 6.45) is 6.66. The Bertz CT molecular complexity index is 819. The standard InChI is InChI=1S/C18H15NO3S/c1-12-8-9-15(13(2)11-12)19-17(20)16(23-18(19)21)7-3-5-14-6-4-10-22-14/h3-11H,1-2H3/b5-3+,16-7+. The summed E-state index contributed by atoms with van der Waals surface area (Å²) in [5, 5.41) is -0.278. The van der Waals surface area contributed by atoms with E-state index in [0.717, 1.165) is 22.9 Å². The quantitative estimate of drug-likeness (QED) is 0.768. The highest BCUT2D eigenvalue weighted by Gasteiger charge is 2.36. The number of amides is 2. The minimum Gasteiger partial charge on any atom is -0.465 e. The maximum absolute atomic E-state index is 12.5. The first-order valence-corrected chi connectivity index (χ1v) is 7.93. The van der Waals surface area contributed by atoms with E-state index in [1.54, 1.807) is 30.6 Å². The van der Waals surface area contributed by atoms with Crippen molar-refractivity contribution < 1.29 is 14.0 Å². The molecular formula is C18H15NO3S. The summed E-state index contributed by atoms with van der Waals surface area (Å²) in [7, 11) is 0. The number of furan rings is 1. The second-order valence-corrected chi connectivity index (χ2v) is 6.20.